The first-order valence-corrected chi connectivity index (χ1v) is 7.56. The lowest BCUT2D eigenvalue weighted by Gasteiger charge is -2.41. The first-order chi connectivity index (χ1) is 10.6. The van der Waals surface area contributed by atoms with Crippen molar-refractivity contribution >= 4 is 5.97 Å². The van der Waals surface area contributed by atoms with Crippen LogP contribution in [0, 0.1) is 5.92 Å². The maximum atomic E-state index is 11.0. The van der Waals surface area contributed by atoms with E-state index in [1.165, 1.54) is 0 Å². The molecule has 1 saturated heterocycles. The van der Waals surface area contributed by atoms with Crippen molar-refractivity contribution in [3.63, 3.8) is 0 Å². The van der Waals surface area contributed by atoms with Gasteiger partial charge in [0.1, 0.15) is 12.7 Å². The molecule has 2 N–H and O–H groups in total. The fraction of sp³-hybridized carbons (Fsp3) is 0.562. The molecule has 6 nitrogen and oxygen atoms in total. The van der Waals surface area contributed by atoms with Gasteiger partial charge in [0.25, 0.3) is 0 Å². The molecule has 3 rings (SSSR count). The normalized spacial score (nSPS) is 26.1. The molecule has 2 aliphatic heterocycles. The number of benzene rings is 1. The highest BCUT2D eigenvalue weighted by Gasteiger charge is 2.37. The largest absolute Gasteiger partial charge is 0.493 e. The summed E-state index contributed by atoms with van der Waals surface area (Å²) >= 11 is 0. The van der Waals surface area contributed by atoms with Crippen LogP contribution in [0.15, 0.2) is 18.2 Å². The number of nitrogens with zero attached hydrogens (tertiary/aromatic N) is 1. The minimum Gasteiger partial charge on any atom is -0.493 e. The van der Waals surface area contributed by atoms with E-state index in [0.717, 1.165) is 5.56 Å². The molecular formula is C16H21NO5. The number of carboxylic acid groups (broad SMARTS) is 1. The van der Waals surface area contributed by atoms with Gasteiger partial charge in [0, 0.05) is 5.56 Å². The van der Waals surface area contributed by atoms with Gasteiger partial charge >= 0.3 is 5.97 Å². The highest BCUT2D eigenvalue weighted by molar-refractivity contribution is 5.70. The average molecular weight is 307 g/mol. The summed E-state index contributed by atoms with van der Waals surface area (Å²) in [6.07, 6.45) is 0.577. The van der Waals surface area contributed by atoms with Crippen molar-refractivity contribution < 1.29 is 24.5 Å². The van der Waals surface area contributed by atoms with E-state index in [1.54, 1.807) is 7.11 Å². The molecule has 120 valence electrons. The van der Waals surface area contributed by atoms with E-state index in [0.29, 0.717) is 44.0 Å². The molecule has 0 spiro atoms. The van der Waals surface area contributed by atoms with E-state index >= 15 is 0 Å². The Morgan fingerprint density at radius 3 is 2.73 bits per heavy atom. The van der Waals surface area contributed by atoms with Gasteiger partial charge in [0.2, 0.25) is 0 Å². The predicted octanol–water partition coefficient (Wildman–Crippen LogP) is 1.29. The molecule has 0 radical (unpaired) electrons. The number of likely N-dealkylation sites (tertiary alicyclic amines) is 1. The first kappa shape index (κ1) is 15.1. The standard InChI is InChI=1S/C16H21NO5/c1-21-13-4-2-3-11-14(18)12(9-22-15(11)13)17-7-5-10(6-8-17)16(19)20/h2-4,10,12,14,18H,5-9H2,1H3,(H,19,20). The van der Waals surface area contributed by atoms with Gasteiger partial charge in [-0.15, -0.1) is 0 Å². The van der Waals surface area contributed by atoms with Crippen LogP contribution in [-0.4, -0.2) is 53.9 Å². The Bertz CT molecular complexity index is 553. The maximum absolute atomic E-state index is 11.0. The lowest BCUT2D eigenvalue weighted by atomic mass is 9.92. The van der Waals surface area contributed by atoms with Crippen molar-refractivity contribution in [2.45, 2.75) is 25.0 Å². The summed E-state index contributed by atoms with van der Waals surface area (Å²) in [5.74, 6) is 0.231. The number of piperidine rings is 1. The monoisotopic (exact) mass is 307 g/mol. The highest BCUT2D eigenvalue weighted by atomic mass is 16.5. The highest BCUT2D eigenvalue weighted by Crippen LogP contribution is 2.41. The molecule has 1 aromatic carbocycles. The number of fused-ring (bicyclic) bond motifs is 1. The van der Waals surface area contributed by atoms with Gasteiger partial charge in [-0.2, -0.15) is 0 Å². The third-order valence-corrected chi connectivity index (χ3v) is 4.66. The Kier molecular flexibility index (Phi) is 4.22. The van der Waals surface area contributed by atoms with Gasteiger partial charge in [-0.3, -0.25) is 9.69 Å². The van der Waals surface area contributed by atoms with E-state index in [2.05, 4.69) is 4.90 Å². The molecule has 0 amide bonds. The van der Waals surface area contributed by atoms with Crippen molar-refractivity contribution in [1.82, 2.24) is 4.90 Å². The van der Waals surface area contributed by atoms with Crippen molar-refractivity contribution in [2.24, 2.45) is 5.92 Å². The van der Waals surface area contributed by atoms with Crippen LogP contribution in [0.5, 0.6) is 11.5 Å². The third-order valence-electron chi connectivity index (χ3n) is 4.66. The Balaban J connectivity index is 1.74. The lowest BCUT2D eigenvalue weighted by Crippen LogP contribution is -2.49. The molecule has 0 aliphatic carbocycles. The molecule has 2 heterocycles. The van der Waals surface area contributed by atoms with Crippen molar-refractivity contribution in [2.75, 3.05) is 26.8 Å². The Hall–Kier alpha value is -1.79. The van der Waals surface area contributed by atoms with E-state index in [4.69, 9.17) is 14.6 Å². The number of rotatable bonds is 3. The van der Waals surface area contributed by atoms with Gasteiger partial charge in [-0.25, -0.2) is 0 Å². The van der Waals surface area contributed by atoms with Gasteiger partial charge in [-0.05, 0) is 32.0 Å². The molecule has 1 fully saturated rings. The van der Waals surface area contributed by atoms with E-state index in [-0.39, 0.29) is 12.0 Å². The number of ether oxygens (including phenoxy) is 2. The number of aliphatic hydroxyl groups excluding tert-OH is 1. The second kappa shape index (κ2) is 6.14. The van der Waals surface area contributed by atoms with E-state index in [1.807, 2.05) is 18.2 Å². The number of hydrogen-bond acceptors (Lipinski definition) is 5. The Labute approximate surface area is 129 Å². The molecular weight excluding hydrogens is 286 g/mol. The summed E-state index contributed by atoms with van der Waals surface area (Å²) in [5, 5.41) is 19.7. The molecule has 0 aromatic heterocycles. The number of para-hydroxylation sites is 1. The first-order valence-electron chi connectivity index (χ1n) is 7.56. The Morgan fingerprint density at radius 2 is 2.09 bits per heavy atom. The third kappa shape index (κ3) is 2.64. The van der Waals surface area contributed by atoms with Crippen molar-refractivity contribution in [3.8, 4) is 11.5 Å². The van der Waals surface area contributed by atoms with Crippen LogP contribution < -0.4 is 9.47 Å². The van der Waals surface area contributed by atoms with Crippen LogP contribution in [0.4, 0.5) is 0 Å². The summed E-state index contributed by atoms with van der Waals surface area (Å²) < 4.78 is 11.1. The molecule has 2 aliphatic rings. The number of hydrogen-bond donors (Lipinski definition) is 2. The van der Waals surface area contributed by atoms with Crippen LogP contribution in [0.2, 0.25) is 0 Å². The summed E-state index contributed by atoms with van der Waals surface area (Å²) in [6.45, 7) is 1.72. The fourth-order valence-corrected chi connectivity index (χ4v) is 3.33. The van der Waals surface area contributed by atoms with Crippen molar-refractivity contribution in [1.29, 1.82) is 0 Å². The molecule has 22 heavy (non-hydrogen) atoms. The molecule has 6 heteroatoms. The summed E-state index contributed by atoms with van der Waals surface area (Å²) in [4.78, 5) is 13.2. The fourth-order valence-electron chi connectivity index (χ4n) is 3.33. The van der Waals surface area contributed by atoms with E-state index < -0.39 is 12.1 Å². The smallest absolute Gasteiger partial charge is 0.306 e. The Morgan fingerprint density at radius 1 is 1.36 bits per heavy atom. The van der Waals surface area contributed by atoms with Gasteiger partial charge in [0.15, 0.2) is 11.5 Å². The quantitative estimate of drug-likeness (QED) is 0.876. The minimum atomic E-state index is -0.727. The second-order valence-corrected chi connectivity index (χ2v) is 5.85. The molecule has 2 atom stereocenters. The van der Waals surface area contributed by atoms with Crippen LogP contribution in [0.3, 0.4) is 0 Å². The molecule has 0 bridgehead atoms. The minimum absolute atomic E-state index is 0.144. The van der Waals surface area contributed by atoms with Gasteiger partial charge < -0.3 is 19.7 Å². The van der Waals surface area contributed by atoms with Crippen LogP contribution in [0.1, 0.15) is 24.5 Å². The zero-order chi connectivity index (χ0) is 15.7. The number of methoxy groups -OCH3 is 1. The average Bonchev–Trinajstić information content (AvgIpc) is 2.55. The zero-order valence-electron chi connectivity index (χ0n) is 12.6. The van der Waals surface area contributed by atoms with Crippen LogP contribution in [-0.2, 0) is 4.79 Å². The molecule has 0 saturated carbocycles. The second-order valence-electron chi connectivity index (χ2n) is 5.85. The number of carboxylic acids is 1. The topological polar surface area (TPSA) is 79.2 Å². The predicted molar refractivity (Wildman–Crippen MR) is 79.2 cm³/mol. The zero-order valence-corrected chi connectivity index (χ0v) is 12.6. The van der Waals surface area contributed by atoms with Crippen molar-refractivity contribution in [3.05, 3.63) is 23.8 Å². The molecule has 1 aromatic rings. The summed E-state index contributed by atoms with van der Waals surface area (Å²) in [7, 11) is 1.58. The van der Waals surface area contributed by atoms with E-state index in [9.17, 15) is 9.90 Å². The summed E-state index contributed by atoms with van der Waals surface area (Å²) in [6, 6.07) is 5.35. The number of carbonyl (C=O) groups is 1. The SMILES string of the molecule is COc1cccc2c1OCC(N1CCC(C(=O)O)CC1)C2O. The van der Waals surface area contributed by atoms with Crippen LogP contribution >= 0.6 is 0 Å². The van der Waals surface area contributed by atoms with Crippen LogP contribution in [0.25, 0.3) is 0 Å². The van der Waals surface area contributed by atoms with Gasteiger partial charge in [0.05, 0.1) is 19.1 Å². The summed E-state index contributed by atoms with van der Waals surface area (Å²) in [5.41, 5.74) is 0.732. The number of aliphatic carboxylic acids is 1. The maximum Gasteiger partial charge on any atom is 0.306 e. The number of aliphatic hydroxyl groups is 1. The van der Waals surface area contributed by atoms with Gasteiger partial charge in [-0.1, -0.05) is 12.1 Å². The molecule has 2 unspecified atom stereocenters. The lowest BCUT2D eigenvalue weighted by molar-refractivity contribution is -0.143.